The van der Waals surface area contributed by atoms with E-state index in [0.717, 1.165) is 46.9 Å². The Morgan fingerprint density at radius 1 is 1.53 bits per heavy atom. The van der Waals surface area contributed by atoms with E-state index in [4.69, 9.17) is 10.7 Å². The lowest BCUT2D eigenvalue weighted by molar-refractivity contribution is 0.658. The van der Waals surface area contributed by atoms with Crippen LogP contribution in [0.1, 0.15) is 25.8 Å². The summed E-state index contributed by atoms with van der Waals surface area (Å²) < 4.78 is 2.60. The Bertz CT molecular complexity index is 621. The van der Waals surface area contributed by atoms with Crippen molar-refractivity contribution < 1.29 is 0 Å². The van der Waals surface area contributed by atoms with Crippen LogP contribution in [0.25, 0.3) is 5.65 Å². The highest BCUT2D eigenvalue weighted by Crippen LogP contribution is 2.31. The van der Waals surface area contributed by atoms with Gasteiger partial charge in [0.05, 0.1) is 10.7 Å². The fourth-order valence-electron chi connectivity index (χ4n) is 2.74. The number of nitrogens with zero attached hydrogens (tertiary/aromatic N) is 4. The van der Waals surface area contributed by atoms with Crippen molar-refractivity contribution in [1.82, 2.24) is 14.6 Å². The molecular weight excluding hydrogens is 306 g/mol. The van der Waals surface area contributed by atoms with E-state index in [0.29, 0.717) is 5.82 Å². The first-order valence-electron chi connectivity index (χ1n) is 6.68. The Balaban J connectivity index is 2.19. The smallest absolute Gasteiger partial charge is 0.173 e. The Morgan fingerprint density at radius 2 is 2.32 bits per heavy atom. The normalized spacial score (nSPS) is 19.5. The molecule has 1 aliphatic rings. The van der Waals surface area contributed by atoms with Gasteiger partial charge in [0.2, 0.25) is 0 Å². The highest BCUT2D eigenvalue weighted by atomic mass is 79.9. The Kier molecular flexibility index (Phi) is 3.12. The maximum atomic E-state index is 6.26. The number of halogens is 1. The summed E-state index contributed by atoms with van der Waals surface area (Å²) in [5.41, 5.74) is 8.15. The minimum absolute atomic E-state index is 0.702. The molecule has 0 bridgehead atoms. The van der Waals surface area contributed by atoms with Crippen molar-refractivity contribution in [3.05, 3.63) is 16.2 Å². The molecule has 1 aliphatic heterocycles. The number of rotatable bonds is 2. The van der Waals surface area contributed by atoms with Crippen LogP contribution >= 0.6 is 15.9 Å². The molecule has 0 saturated carbocycles. The van der Waals surface area contributed by atoms with Crippen molar-refractivity contribution in [1.29, 1.82) is 0 Å². The number of nitrogen functional groups attached to an aromatic ring is 1. The average Bonchev–Trinajstić information content (AvgIpc) is 2.97. The van der Waals surface area contributed by atoms with E-state index >= 15 is 0 Å². The standard InChI is InChI=1S/C13H18BrN5/c1-3-9-11(15)19-13(10(14)6-16-19)17-12(9)18-5-4-8(2)7-18/h6,8H,3-5,7,15H2,1-2H3/t8-/m0/s1. The first-order chi connectivity index (χ1) is 9.11. The van der Waals surface area contributed by atoms with E-state index in [9.17, 15) is 0 Å². The second kappa shape index (κ2) is 4.67. The molecule has 0 amide bonds. The van der Waals surface area contributed by atoms with Gasteiger partial charge in [0.15, 0.2) is 5.65 Å². The summed E-state index contributed by atoms with van der Waals surface area (Å²) in [5, 5.41) is 4.27. The molecule has 19 heavy (non-hydrogen) atoms. The lowest BCUT2D eigenvalue weighted by Gasteiger charge is -2.21. The zero-order valence-corrected chi connectivity index (χ0v) is 12.8. The van der Waals surface area contributed by atoms with Crippen LogP contribution in [0, 0.1) is 5.92 Å². The molecule has 102 valence electrons. The maximum absolute atomic E-state index is 6.26. The van der Waals surface area contributed by atoms with Gasteiger partial charge >= 0.3 is 0 Å². The van der Waals surface area contributed by atoms with Crippen molar-refractivity contribution in [2.24, 2.45) is 5.92 Å². The fraction of sp³-hybridized carbons (Fsp3) is 0.538. The molecule has 0 radical (unpaired) electrons. The van der Waals surface area contributed by atoms with Gasteiger partial charge in [0.25, 0.3) is 0 Å². The first kappa shape index (κ1) is 12.7. The minimum atomic E-state index is 0.702. The van der Waals surface area contributed by atoms with Gasteiger partial charge in [0, 0.05) is 18.7 Å². The molecule has 2 aromatic rings. The number of fused-ring (bicyclic) bond motifs is 1. The highest BCUT2D eigenvalue weighted by molar-refractivity contribution is 9.10. The number of aromatic nitrogens is 3. The first-order valence-corrected chi connectivity index (χ1v) is 7.47. The van der Waals surface area contributed by atoms with E-state index in [2.05, 4.69) is 39.8 Å². The Morgan fingerprint density at radius 3 is 2.95 bits per heavy atom. The molecule has 0 spiro atoms. The van der Waals surface area contributed by atoms with Crippen LogP contribution in [0.4, 0.5) is 11.6 Å². The SMILES string of the molecule is CCc1c(N2CC[C@H](C)C2)nc2c(Br)cnn2c1N. The number of anilines is 2. The summed E-state index contributed by atoms with van der Waals surface area (Å²) in [7, 11) is 0. The van der Waals surface area contributed by atoms with Crippen molar-refractivity contribution in [3.8, 4) is 0 Å². The summed E-state index contributed by atoms with van der Waals surface area (Å²) in [6.45, 7) is 6.51. The van der Waals surface area contributed by atoms with Crippen LogP contribution in [-0.2, 0) is 6.42 Å². The molecule has 1 saturated heterocycles. The predicted octanol–water partition coefficient (Wildman–Crippen LogP) is 2.48. The average molecular weight is 324 g/mol. The van der Waals surface area contributed by atoms with Crippen molar-refractivity contribution in [2.75, 3.05) is 23.7 Å². The third-order valence-electron chi connectivity index (χ3n) is 3.80. The van der Waals surface area contributed by atoms with Crippen molar-refractivity contribution >= 4 is 33.2 Å². The maximum Gasteiger partial charge on any atom is 0.173 e. The zero-order chi connectivity index (χ0) is 13.6. The van der Waals surface area contributed by atoms with Gasteiger partial charge in [-0.05, 0) is 34.7 Å². The molecule has 3 heterocycles. The van der Waals surface area contributed by atoms with Gasteiger partial charge in [-0.2, -0.15) is 9.61 Å². The summed E-state index contributed by atoms with van der Waals surface area (Å²) in [5.74, 6) is 2.45. The summed E-state index contributed by atoms with van der Waals surface area (Å²) in [6.07, 6.45) is 3.83. The summed E-state index contributed by atoms with van der Waals surface area (Å²) in [6, 6.07) is 0. The topological polar surface area (TPSA) is 59.5 Å². The molecule has 3 rings (SSSR count). The molecule has 1 atom stereocenters. The van der Waals surface area contributed by atoms with E-state index in [1.54, 1.807) is 10.7 Å². The van der Waals surface area contributed by atoms with Crippen LogP contribution in [0.5, 0.6) is 0 Å². The van der Waals surface area contributed by atoms with E-state index < -0.39 is 0 Å². The van der Waals surface area contributed by atoms with Crippen LogP contribution in [0.2, 0.25) is 0 Å². The van der Waals surface area contributed by atoms with Gasteiger partial charge in [0.1, 0.15) is 11.6 Å². The van der Waals surface area contributed by atoms with Crippen LogP contribution in [0.3, 0.4) is 0 Å². The van der Waals surface area contributed by atoms with E-state index in [-0.39, 0.29) is 0 Å². The van der Waals surface area contributed by atoms with Crippen LogP contribution < -0.4 is 10.6 Å². The van der Waals surface area contributed by atoms with Gasteiger partial charge < -0.3 is 10.6 Å². The quantitative estimate of drug-likeness (QED) is 0.922. The molecule has 0 unspecified atom stereocenters. The summed E-state index contributed by atoms with van der Waals surface area (Å²) >= 11 is 3.48. The number of hydrogen-bond acceptors (Lipinski definition) is 4. The second-order valence-corrected chi connectivity index (χ2v) is 6.07. The number of hydrogen-bond donors (Lipinski definition) is 1. The fourth-order valence-corrected chi connectivity index (χ4v) is 3.09. The summed E-state index contributed by atoms with van der Waals surface area (Å²) in [4.78, 5) is 7.13. The molecule has 6 heteroatoms. The Labute approximate surface area is 120 Å². The zero-order valence-electron chi connectivity index (χ0n) is 11.2. The van der Waals surface area contributed by atoms with E-state index in [1.165, 1.54) is 6.42 Å². The lowest BCUT2D eigenvalue weighted by atomic mass is 10.2. The van der Waals surface area contributed by atoms with Crippen molar-refractivity contribution in [2.45, 2.75) is 26.7 Å². The van der Waals surface area contributed by atoms with Gasteiger partial charge in [-0.15, -0.1) is 0 Å². The van der Waals surface area contributed by atoms with Gasteiger partial charge in [-0.25, -0.2) is 4.98 Å². The second-order valence-electron chi connectivity index (χ2n) is 5.22. The number of nitrogens with two attached hydrogens (primary N) is 1. The van der Waals surface area contributed by atoms with E-state index in [1.807, 2.05) is 0 Å². The molecule has 5 nitrogen and oxygen atoms in total. The molecule has 0 aromatic carbocycles. The van der Waals surface area contributed by atoms with Crippen LogP contribution in [0.15, 0.2) is 10.7 Å². The molecule has 1 fully saturated rings. The minimum Gasteiger partial charge on any atom is -0.383 e. The highest BCUT2D eigenvalue weighted by Gasteiger charge is 2.24. The molecule has 0 aliphatic carbocycles. The molecule has 2 N–H and O–H groups in total. The molecule has 2 aromatic heterocycles. The third-order valence-corrected chi connectivity index (χ3v) is 4.36. The van der Waals surface area contributed by atoms with Gasteiger partial charge in [-0.1, -0.05) is 13.8 Å². The van der Waals surface area contributed by atoms with Crippen molar-refractivity contribution in [3.63, 3.8) is 0 Å². The van der Waals surface area contributed by atoms with Gasteiger partial charge in [-0.3, -0.25) is 0 Å². The monoisotopic (exact) mass is 323 g/mol. The Hall–Kier alpha value is -1.30. The van der Waals surface area contributed by atoms with Crippen LogP contribution in [-0.4, -0.2) is 27.7 Å². The third kappa shape index (κ3) is 1.98. The largest absolute Gasteiger partial charge is 0.383 e. The predicted molar refractivity (Wildman–Crippen MR) is 80.5 cm³/mol. The lowest BCUT2D eigenvalue weighted by Crippen LogP contribution is -2.23. The molecular formula is C13H18BrN5.